The quantitative estimate of drug-likeness (QED) is 0.791. The van der Waals surface area contributed by atoms with Crippen molar-refractivity contribution in [3.8, 4) is 0 Å². The Morgan fingerprint density at radius 1 is 1.32 bits per heavy atom. The number of carbonyl (C=O) groups excluding carboxylic acids is 1. The van der Waals surface area contributed by atoms with E-state index in [9.17, 15) is 14.0 Å². The molecule has 0 aliphatic carbocycles. The summed E-state index contributed by atoms with van der Waals surface area (Å²) in [7, 11) is 0. The minimum Gasteiger partial charge on any atom is -0.480 e. The number of aromatic amines is 1. The van der Waals surface area contributed by atoms with Crippen LogP contribution in [0, 0.1) is 5.82 Å². The summed E-state index contributed by atoms with van der Waals surface area (Å²) < 4.78 is 13.0. The molecule has 2 rings (SSSR count). The molecule has 19 heavy (non-hydrogen) atoms. The number of H-pyrrole nitrogens is 1. The van der Waals surface area contributed by atoms with E-state index in [4.69, 9.17) is 5.11 Å². The molecule has 0 aliphatic heterocycles. The topological polar surface area (TPSA) is 82.2 Å². The molecule has 5 nitrogen and oxygen atoms in total. The van der Waals surface area contributed by atoms with Crippen molar-refractivity contribution in [1.29, 1.82) is 0 Å². The maximum Gasteiger partial charge on any atom is 0.328 e. The predicted molar refractivity (Wildman–Crippen MR) is 67.4 cm³/mol. The monoisotopic (exact) mass is 264 g/mol. The predicted octanol–water partition coefficient (Wildman–Crippen LogP) is 1.90. The van der Waals surface area contributed by atoms with E-state index < -0.39 is 23.2 Å². The fraction of sp³-hybridized carbons (Fsp3) is 0.231. The Hall–Kier alpha value is -2.37. The first-order chi connectivity index (χ1) is 8.79. The van der Waals surface area contributed by atoms with Crippen molar-refractivity contribution in [1.82, 2.24) is 10.3 Å². The van der Waals surface area contributed by atoms with E-state index in [1.807, 2.05) is 0 Å². The van der Waals surface area contributed by atoms with Gasteiger partial charge in [0.05, 0.1) is 0 Å². The number of fused-ring (bicyclic) bond motifs is 1. The Labute approximate surface area is 108 Å². The van der Waals surface area contributed by atoms with Gasteiger partial charge in [-0.25, -0.2) is 9.18 Å². The lowest BCUT2D eigenvalue weighted by Crippen LogP contribution is -2.49. The standard InChI is InChI=1S/C13H13FN2O3/c1-13(2,12(18)19)16-11(17)10-6-7-5-8(14)3-4-9(7)15-10/h3-6,15H,1-2H3,(H,16,17)(H,18,19). The highest BCUT2D eigenvalue weighted by molar-refractivity contribution is 6.00. The number of hydrogen-bond donors (Lipinski definition) is 3. The van der Waals surface area contributed by atoms with E-state index in [-0.39, 0.29) is 5.69 Å². The van der Waals surface area contributed by atoms with Gasteiger partial charge in [-0.3, -0.25) is 4.79 Å². The van der Waals surface area contributed by atoms with E-state index >= 15 is 0 Å². The third-order valence-electron chi connectivity index (χ3n) is 2.79. The van der Waals surface area contributed by atoms with Crippen LogP contribution in [0.2, 0.25) is 0 Å². The summed E-state index contributed by atoms with van der Waals surface area (Å²) in [5.74, 6) is -2.09. The third kappa shape index (κ3) is 2.57. The number of carbonyl (C=O) groups is 2. The minimum atomic E-state index is -1.38. The molecular weight excluding hydrogens is 251 g/mol. The number of carboxylic acid groups (broad SMARTS) is 1. The molecule has 1 aromatic heterocycles. The lowest BCUT2D eigenvalue weighted by Gasteiger charge is -2.20. The van der Waals surface area contributed by atoms with Crippen LogP contribution in [-0.2, 0) is 4.79 Å². The van der Waals surface area contributed by atoms with E-state index in [2.05, 4.69) is 10.3 Å². The molecule has 6 heteroatoms. The SMILES string of the molecule is CC(C)(NC(=O)c1cc2cc(F)ccc2[nH]1)C(=O)O. The Balaban J connectivity index is 2.29. The van der Waals surface area contributed by atoms with Gasteiger partial charge in [0.15, 0.2) is 0 Å². The number of aliphatic carboxylic acids is 1. The van der Waals surface area contributed by atoms with Crippen molar-refractivity contribution >= 4 is 22.8 Å². The number of hydrogen-bond acceptors (Lipinski definition) is 2. The van der Waals surface area contributed by atoms with Crippen LogP contribution >= 0.6 is 0 Å². The zero-order chi connectivity index (χ0) is 14.2. The zero-order valence-corrected chi connectivity index (χ0v) is 10.5. The summed E-state index contributed by atoms with van der Waals surface area (Å²) in [5, 5.41) is 11.9. The van der Waals surface area contributed by atoms with Gasteiger partial charge in [-0.05, 0) is 38.1 Å². The Morgan fingerprint density at radius 3 is 2.63 bits per heavy atom. The van der Waals surface area contributed by atoms with E-state index in [0.717, 1.165) is 0 Å². The van der Waals surface area contributed by atoms with E-state index in [0.29, 0.717) is 10.9 Å². The van der Waals surface area contributed by atoms with Crippen LogP contribution in [0.3, 0.4) is 0 Å². The number of rotatable bonds is 3. The smallest absolute Gasteiger partial charge is 0.328 e. The molecule has 0 saturated heterocycles. The number of nitrogens with one attached hydrogen (secondary N) is 2. The molecule has 2 aromatic rings. The van der Waals surface area contributed by atoms with Crippen LogP contribution in [0.5, 0.6) is 0 Å². The molecule has 0 saturated carbocycles. The second kappa shape index (κ2) is 4.38. The highest BCUT2D eigenvalue weighted by Gasteiger charge is 2.29. The maximum atomic E-state index is 13.0. The Kier molecular flexibility index (Phi) is 3.01. The molecule has 1 amide bonds. The molecule has 1 heterocycles. The van der Waals surface area contributed by atoms with Gasteiger partial charge in [0.25, 0.3) is 5.91 Å². The van der Waals surface area contributed by atoms with Gasteiger partial charge in [0.2, 0.25) is 0 Å². The molecule has 100 valence electrons. The van der Waals surface area contributed by atoms with Crippen LogP contribution < -0.4 is 5.32 Å². The van der Waals surface area contributed by atoms with Gasteiger partial charge in [-0.15, -0.1) is 0 Å². The van der Waals surface area contributed by atoms with Gasteiger partial charge in [-0.2, -0.15) is 0 Å². The summed E-state index contributed by atoms with van der Waals surface area (Å²) in [6, 6.07) is 5.57. The van der Waals surface area contributed by atoms with Crippen molar-refractivity contribution in [3.05, 3.63) is 35.8 Å². The average Bonchev–Trinajstić information content (AvgIpc) is 2.71. The molecule has 0 bridgehead atoms. The minimum absolute atomic E-state index is 0.190. The van der Waals surface area contributed by atoms with E-state index in [1.165, 1.54) is 38.1 Å². The first-order valence-electron chi connectivity index (χ1n) is 5.64. The number of aromatic nitrogens is 1. The highest BCUT2D eigenvalue weighted by atomic mass is 19.1. The van der Waals surface area contributed by atoms with E-state index in [1.54, 1.807) is 0 Å². The molecule has 0 spiro atoms. The molecule has 0 aliphatic rings. The molecular formula is C13H13FN2O3. The molecule has 0 fully saturated rings. The van der Waals surface area contributed by atoms with Crippen LogP contribution in [0.15, 0.2) is 24.3 Å². The lowest BCUT2D eigenvalue weighted by molar-refractivity contribution is -0.143. The Morgan fingerprint density at radius 2 is 2.00 bits per heavy atom. The maximum absolute atomic E-state index is 13.0. The van der Waals surface area contributed by atoms with Crippen molar-refractivity contribution in [3.63, 3.8) is 0 Å². The summed E-state index contributed by atoms with van der Waals surface area (Å²) in [4.78, 5) is 25.7. The summed E-state index contributed by atoms with van der Waals surface area (Å²) in [6.45, 7) is 2.77. The van der Waals surface area contributed by atoms with Crippen LogP contribution in [-0.4, -0.2) is 27.5 Å². The second-order valence-corrected chi connectivity index (χ2v) is 4.80. The van der Waals surface area contributed by atoms with Crippen molar-refractivity contribution in [2.24, 2.45) is 0 Å². The zero-order valence-electron chi connectivity index (χ0n) is 10.5. The van der Waals surface area contributed by atoms with Gasteiger partial charge < -0.3 is 15.4 Å². The average molecular weight is 264 g/mol. The molecule has 1 aromatic carbocycles. The number of benzene rings is 1. The summed E-state index contributed by atoms with van der Waals surface area (Å²) in [6.07, 6.45) is 0. The van der Waals surface area contributed by atoms with Crippen molar-refractivity contribution in [2.45, 2.75) is 19.4 Å². The number of halogens is 1. The van der Waals surface area contributed by atoms with Crippen molar-refractivity contribution in [2.75, 3.05) is 0 Å². The first kappa shape index (κ1) is 13.1. The van der Waals surface area contributed by atoms with Gasteiger partial charge in [0.1, 0.15) is 17.1 Å². The van der Waals surface area contributed by atoms with Gasteiger partial charge >= 0.3 is 5.97 Å². The van der Waals surface area contributed by atoms with Crippen LogP contribution in [0.4, 0.5) is 4.39 Å². The molecule has 0 radical (unpaired) electrons. The first-order valence-corrected chi connectivity index (χ1v) is 5.64. The summed E-state index contributed by atoms with van der Waals surface area (Å²) in [5.41, 5.74) is -0.575. The number of amides is 1. The molecule has 3 N–H and O–H groups in total. The van der Waals surface area contributed by atoms with Gasteiger partial charge in [0, 0.05) is 10.9 Å². The largest absolute Gasteiger partial charge is 0.480 e. The number of carboxylic acids is 1. The highest BCUT2D eigenvalue weighted by Crippen LogP contribution is 2.17. The van der Waals surface area contributed by atoms with Crippen LogP contribution in [0.1, 0.15) is 24.3 Å². The lowest BCUT2D eigenvalue weighted by atomic mass is 10.1. The fourth-order valence-corrected chi connectivity index (χ4v) is 1.63. The molecule has 0 atom stereocenters. The fourth-order valence-electron chi connectivity index (χ4n) is 1.63. The van der Waals surface area contributed by atoms with Gasteiger partial charge in [-0.1, -0.05) is 0 Å². The van der Waals surface area contributed by atoms with Crippen molar-refractivity contribution < 1.29 is 19.1 Å². The Bertz CT molecular complexity index is 661. The third-order valence-corrected chi connectivity index (χ3v) is 2.79. The summed E-state index contributed by atoms with van der Waals surface area (Å²) >= 11 is 0. The van der Waals surface area contributed by atoms with Crippen LogP contribution in [0.25, 0.3) is 10.9 Å². The second-order valence-electron chi connectivity index (χ2n) is 4.80. The molecule has 0 unspecified atom stereocenters. The normalized spacial score (nSPS) is 11.5.